The molecular formula is C26H26N8O2. The van der Waals surface area contributed by atoms with Crippen LogP contribution in [0.1, 0.15) is 29.2 Å². The lowest BCUT2D eigenvalue weighted by molar-refractivity contribution is 0.102. The van der Waals surface area contributed by atoms with Gasteiger partial charge in [-0.2, -0.15) is 5.10 Å². The molecule has 5 aromatic rings. The van der Waals surface area contributed by atoms with Crippen molar-refractivity contribution >= 4 is 39.3 Å². The highest BCUT2D eigenvalue weighted by Gasteiger charge is 2.26. The van der Waals surface area contributed by atoms with Crippen LogP contribution in [0.5, 0.6) is 5.75 Å². The molecule has 1 aliphatic heterocycles. The number of anilines is 2. The number of methoxy groups -OCH3 is 1. The maximum absolute atomic E-state index is 13.5. The van der Waals surface area contributed by atoms with Gasteiger partial charge in [0.05, 0.1) is 29.8 Å². The molecule has 3 aromatic heterocycles. The van der Waals surface area contributed by atoms with E-state index < -0.39 is 0 Å². The Bertz CT molecular complexity index is 1580. The molecule has 5 N–H and O–H groups in total. The van der Waals surface area contributed by atoms with Crippen molar-refractivity contribution in [2.24, 2.45) is 0 Å². The van der Waals surface area contributed by atoms with Gasteiger partial charge in [0.25, 0.3) is 5.91 Å². The van der Waals surface area contributed by atoms with Gasteiger partial charge in [-0.15, -0.1) is 0 Å². The van der Waals surface area contributed by atoms with Gasteiger partial charge in [0, 0.05) is 22.7 Å². The Labute approximate surface area is 206 Å². The third-order valence-corrected chi connectivity index (χ3v) is 6.73. The molecule has 1 amide bonds. The van der Waals surface area contributed by atoms with E-state index in [-0.39, 0.29) is 11.9 Å². The lowest BCUT2D eigenvalue weighted by atomic mass is 10.0. The average molecular weight is 483 g/mol. The summed E-state index contributed by atoms with van der Waals surface area (Å²) in [5.74, 6) is 0.690. The highest BCUT2D eigenvalue weighted by molar-refractivity contribution is 6.18. The van der Waals surface area contributed by atoms with E-state index in [9.17, 15) is 4.79 Å². The minimum absolute atomic E-state index is 0.204. The van der Waals surface area contributed by atoms with Crippen molar-refractivity contribution in [1.29, 1.82) is 0 Å². The summed E-state index contributed by atoms with van der Waals surface area (Å²) in [6, 6.07) is 13.3. The fourth-order valence-electron chi connectivity index (χ4n) is 4.99. The predicted octanol–water partition coefficient (Wildman–Crippen LogP) is 3.74. The van der Waals surface area contributed by atoms with E-state index >= 15 is 0 Å². The molecule has 0 spiro atoms. The Morgan fingerprint density at radius 1 is 1.11 bits per heavy atom. The van der Waals surface area contributed by atoms with Gasteiger partial charge in [-0.05, 0) is 44.1 Å². The number of fused-ring (bicyclic) bond motifs is 2. The summed E-state index contributed by atoms with van der Waals surface area (Å²) in [7, 11) is 1.57. The molecule has 1 saturated heterocycles. The van der Waals surface area contributed by atoms with Crippen LogP contribution >= 0.6 is 0 Å². The van der Waals surface area contributed by atoms with Crippen molar-refractivity contribution < 1.29 is 9.53 Å². The van der Waals surface area contributed by atoms with Crippen molar-refractivity contribution in [3.05, 3.63) is 60.6 Å². The average Bonchev–Trinajstić information content (AvgIpc) is 3.53. The molecule has 0 bridgehead atoms. The molecule has 0 atom stereocenters. The first-order valence-electron chi connectivity index (χ1n) is 11.9. The normalized spacial score (nSPS) is 14.4. The zero-order chi connectivity index (χ0) is 24.6. The van der Waals surface area contributed by atoms with Crippen LogP contribution in [0.4, 0.5) is 11.5 Å². The van der Waals surface area contributed by atoms with Gasteiger partial charge in [-0.1, -0.05) is 24.3 Å². The number of benzene rings is 2. The van der Waals surface area contributed by atoms with E-state index in [1.807, 2.05) is 35.0 Å². The second-order valence-electron chi connectivity index (χ2n) is 8.82. The number of nitrogens with two attached hydrogens (primary N) is 1. The maximum atomic E-state index is 13.5. The number of hydrogen-bond donors (Lipinski definition) is 4. The summed E-state index contributed by atoms with van der Waals surface area (Å²) >= 11 is 0. The number of rotatable bonds is 5. The smallest absolute Gasteiger partial charge is 0.257 e. The highest BCUT2D eigenvalue weighted by Crippen LogP contribution is 2.38. The fraction of sp³-hybridized carbons (Fsp3) is 0.231. The Hall–Kier alpha value is -4.44. The van der Waals surface area contributed by atoms with Gasteiger partial charge in [-0.25, -0.2) is 14.6 Å². The van der Waals surface area contributed by atoms with E-state index in [0.717, 1.165) is 42.4 Å². The maximum Gasteiger partial charge on any atom is 0.257 e. The summed E-state index contributed by atoms with van der Waals surface area (Å²) in [5, 5.41) is 12.8. The number of ether oxygens (including phenoxy) is 1. The number of aromatic amines is 1. The van der Waals surface area contributed by atoms with Crippen molar-refractivity contribution in [2.45, 2.75) is 18.9 Å². The zero-order valence-corrected chi connectivity index (χ0v) is 19.8. The van der Waals surface area contributed by atoms with Gasteiger partial charge in [0.1, 0.15) is 23.6 Å². The zero-order valence-electron chi connectivity index (χ0n) is 19.8. The summed E-state index contributed by atoms with van der Waals surface area (Å²) in [6.45, 7) is 1.84. The first kappa shape index (κ1) is 22.1. The second kappa shape index (κ2) is 8.97. The standard InChI is InChI=1S/C26H26N8O2/c1-36-20-8-3-2-6-18(20)32-26(35)17-13-29-19-7-4-5-16(21(17)19)23-22-24(27)30-14-31-25(22)34(33-23)15-9-11-28-12-10-15/h2-8,13-15,28-29H,9-12H2,1H3,(H,32,35)(H2,27,30,31). The molecular weight excluding hydrogens is 456 g/mol. The third-order valence-electron chi connectivity index (χ3n) is 6.73. The summed E-state index contributed by atoms with van der Waals surface area (Å²) in [6.07, 6.45) is 5.08. The molecule has 182 valence electrons. The molecule has 36 heavy (non-hydrogen) atoms. The van der Waals surface area contributed by atoms with Crippen molar-refractivity contribution in [3.8, 4) is 17.0 Å². The van der Waals surface area contributed by atoms with E-state index in [4.69, 9.17) is 15.6 Å². The van der Waals surface area contributed by atoms with Crippen LogP contribution < -0.4 is 21.1 Å². The molecule has 4 heterocycles. The van der Waals surface area contributed by atoms with Crippen LogP contribution in [0, 0.1) is 0 Å². The number of nitrogen functional groups attached to an aromatic ring is 1. The largest absolute Gasteiger partial charge is 0.495 e. The Balaban J connectivity index is 1.51. The minimum atomic E-state index is -0.260. The summed E-state index contributed by atoms with van der Waals surface area (Å²) in [5.41, 5.74) is 10.4. The minimum Gasteiger partial charge on any atom is -0.495 e. The van der Waals surface area contributed by atoms with Gasteiger partial charge >= 0.3 is 0 Å². The second-order valence-corrected chi connectivity index (χ2v) is 8.82. The van der Waals surface area contributed by atoms with E-state index in [2.05, 4.69) is 25.6 Å². The number of H-pyrrole nitrogens is 1. The highest BCUT2D eigenvalue weighted by atomic mass is 16.5. The molecule has 1 fully saturated rings. The lowest BCUT2D eigenvalue weighted by Crippen LogP contribution is -2.30. The number of amides is 1. The third kappa shape index (κ3) is 3.62. The van der Waals surface area contributed by atoms with Gasteiger partial charge in [0.2, 0.25) is 0 Å². The van der Waals surface area contributed by atoms with Crippen LogP contribution in [0.2, 0.25) is 0 Å². The number of hydrogen-bond acceptors (Lipinski definition) is 7. The van der Waals surface area contributed by atoms with Crippen molar-refractivity contribution in [3.63, 3.8) is 0 Å². The van der Waals surface area contributed by atoms with Gasteiger partial charge in [-0.3, -0.25) is 4.79 Å². The monoisotopic (exact) mass is 482 g/mol. The van der Waals surface area contributed by atoms with Crippen LogP contribution in [0.3, 0.4) is 0 Å². The first-order chi connectivity index (χ1) is 17.7. The summed E-state index contributed by atoms with van der Waals surface area (Å²) in [4.78, 5) is 25.5. The van der Waals surface area contributed by atoms with Gasteiger partial charge in [0.15, 0.2) is 5.65 Å². The predicted molar refractivity (Wildman–Crippen MR) is 139 cm³/mol. The van der Waals surface area contributed by atoms with E-state index in [1.54, 1.807) is 25.4 Å². The van der Waals surface area contributed by atoms with Crippen LogP contribution in [0.25, 0.3) is 33.2 Å². The number of carbonyl (C=O) groups excluding carboxylic acids is 1. The molecule has 0 radical (unpaired) electrons. The SMILES string of the molecule is COc1ccccc1NC(=O)c1c[nH]c2cccc(-c3nn(C4CCNCC4)c4ncnc(N)c34)c12. The molecule has 0 aliphatic carbocycles. The number of nitrogens with zero attached hydrogens (tertiary/aromatic N) is 4. The topological polar surface area (TPSA) is 136 Å². The Kier molecular flexibility index (Phi) is 5.49. The molecule has 10 nitrogen and oxygen atoms in total. The fourth-order valence-corrected chi connectivity index (χ4v) is 4.99. The molecule has 1 aliphatic rings. The number of para-hydroxylation sites is 2. The molecule has 0 saturated carbocycles. The van der Waals surface area contributed by atoms with Crippen LogP contribution in [-0.4, -0.2) is 50.8 Å². The summed E-state index contributed by atoms with van der Waals surface area (Å²) < 4.78 is 7.37. The van der Waals surface area contributed by atoms with Crippen LogP contribution in [-0.2, 0) is 0 Å². The lowest BCUT2D eigenvalue weighted by Gasteiger charge is -2.23. The van der Waals surface area contributed by atoms with E-state index in [0.29, 0.717) is 39.5 Å². The quantitative estimate of drug-likeness (QED) is 0.300. The number of carbonyl (C=O) groups is 1. The molecule has 0 unspecified atom stereocenters. The number of nitrogens with one attached hydrogen (secondary N) is 3. The molecule has 2 aromatic carbocycles. The Morgan fingerprint density at radius 2 is 1.94 bits per heavy atom. The Morgan fingerprint density at radius 3 is 2.78 bits per heavy atom. The number of piperidine rings is 1. The molecule has 6 rings (SSSR count). The van der Waals surface area contributed by atoms with Crippen LogP contribution in [0.15, 0.2) is 55.0 Å². The van der Waals surface area contributed by atoms with Crippen molar-refractivity contribution in [1.82, 2.24) is 30.0 Å². The van der Waals surface area contributed by atoms with Crippen molar-refractivity contribution in [2.75, 3.05) is 31.2 Å². The number of aromatic nitrogens is 5. The van der Waals surface area contributed by atoms with E-state index in [1.165, 1.54) is 6.33 Å². The first-order valence-corrected chi connectivity index (χ1v) is 11.9. The van der Waals surface area contributed by atoms with Gasteiger partial charge < -0.3 is 26.1 Å². The molecule has 10 heteroatoms.